The van der Waals surface area contributed by atoms with E-state index in [-0.39, 0.29) is 11.4 Å². The standard InChI is InChI=1S/C15H19N3O2S/c1-3-12-6-5-9-17-14(12)10-18-21(19,20)15-8-4-7-13(16)11(15)2/h4-9,18H,3,10,16H2,1-2H3. The molecule has 6 heteroatoms. The Morgan fingerprint density at radius 3 is 2.71 bits per heavy atom. The third-order valence-corrected chi connectivity index (χ3v) is 4.96. The summed E-state index contributed by atoms with van der Waals surface area (Å²) in [4.78, 5) is 4.44. The van der Waals surface area contributed by atoms with Crippen molar-refractivity contribution in [3.8, 4) is 0 Å². The van der Waals surface area contributed by atoms with Crippen molar-refractivity contribution in [3.63, 3.8) is 0 Å². The molecule has 0 spiro atoms. The molecule has 2 aromatic rings. The Hall–Kier alpha value is -1.92. The van der Waals surface area contributed by atoms with Gasteiger partial charge in [0.15, 0.2) is 0 Å². The van der Waals surface area contributed by atoms with Gasteiger partial charge in [-0.15, -0.1) is 0 Å². The van der Waals surface area contributed by atoms with E-state index in [0.29, 0.717) is 11.3 Å². The summed E-state index contributed by atoms with van der Waals surface area (Å²) in [6.45, 7) is 3.87. The van der Waals surface area contributed by atoms with Crippen LogP contribution < -0.4 is 10.5 Å². The van der Waals surface area contributed by atoms with E-state index in [1.54, 1.807) is 31.3 Å². The number of hydrogen-bond acceptors (Lipinski definition) is 4. The summed E-state index contributed by atoms with van der Waals surface area (Å²) in [7, 11) is -3.61. The first kappa shape index (κ1) is 15.5. The van der Waals surface area contributed by atoms with Crippen LogP contribution in [0.2, 0.25) is 0 Å². The first-order valence-corrected chi connectivity index (χ1v) is 8.21. The summed E-state index contributed by atoms with van der Waals surface area (Å²) in [5.74, 6) is 0. The van der Waals surface area contributed by atoms with E-state index in [9.17, 15) is 8.42 Å². The molecule has 0 aliphatic rings. The SMILES string of the molecule is CCc1cccnc1CNS(=O)(=O)c1cccc(N)c1C. The predicted molar refractivity (Wildman–Crippen MR) is 83.2 cm³/mol. The topological polar surface area (TPSA) is 85.1 Å². The van der Waals surface area contributed by atoms with Gasteiger partial charge in [-0.2, -0.15) is 0 Å². The van der Waals surface area contributed by atoms with Crippen LogP contribution in [0.15, 0.2) is 41.4 Å². The lowest BCUT2D eigenvalue weighted by molar-refractivity contribution is 0.579. The van der Waals surface area contributed by atoms with Gasteiger partial charge >= 0.3 is 0 Å². The molecule has 0 fully saturated rings. The second-order valence-electron chi connectivity index (χ2n) is 4.76. The Bertz CT molecular complexity index is 742. The van der Waals surface area contributed by atoms with E-state index in [2.05, 4.69) is 9.71 Å². The van der Waals surface area contributed by atoms with Crippen LogP contribution in [-0.2, 0) is 23.0 Å². The van der Waals surface area contributed by atoms with Gasteiger partial charge in [0.05, 0.1) is 17.1 Å². The van der Waals surface area contributed by atoms with Crippen LogP contribution in [0.5, 0.6) is 0 Å². The van der Waals surface area contributed by atoms with Crippen molar-refractivity contribution in [2.75, 3.05) is 5.73 Å². The quantitative estimate of drug-likeness (QED) is 0.828. The highest BCUT2D eigenvalue weighted by Crippen LogP contribution is 2.20. The fraction of sp³-hybridized carbons (Fsp3) is 0.267. The number of rotatable bonds is 5. The molecule has 0 saturated carbocycles. The second kappa shape index (κ2) is 6.24. The van der Waals surface area contributed by atoms with Gasteiger partial charge in [0, 0.05) is 11.9 Å². The molecule has 2 rings (SSSR count). The Morgan fingerprint density at radius 1 is 1.24 bits per heavy atom. The Kier molecular flexibility index (Phi) is 4.59. The van der Waals surface area contributed by atoms with Gasteiger partial charge in [0.1, 0.15) is 0 Å². The maximum Gasteiger partial charge on any atom is 0.241 e. The number of nitrogens with zero attached hydrogens (tertiary/aromatic N) is 1. The molecular formula is C15H19N3O2S. The van der Waals surface area contributed by atoms with E-state index in [1.165, 1.54) is 0 Å². The summed E-state index contributed by atoms with van der Waals surface area (Å²) in [6, 6.07) is 8.66. The zero-order valence-corrected chi connectivity index (χ0v) is 12.9. The largest absolute Gasteiger partial charge is 0.398 e. The number of nitrogens with two attached hydrogens (primary N) is 1. The van der Waals surface area contributed by atoms with Gasteiger partial charge in [-0.3, -0.25) is 4.98 Å². The fourth-order valence-electron chi connectivity index (χ4n) is 2.12. The van der Waals surface area contributed by atoms with Gasteiger partial charge in [-0.05, 0) is 42.7 Å². The van der Waals surface area contributed by atoms with Gasteiger partial charge < -0.3 is 5.73 Å². The molecule has 1 heterocycles. The zero-order valence-electron chi connectivity index (χ0n) is 12.1. The minimum Gasteiger partial charge on any atom is -0.398 e. The van der Waals surface area contributed by atoms with Gasteiger partial charge in [0.25, 0.3) is 0 Å². The number of sulfonamides is 1. The highest BCUT2D eigenvalue weighted by atomic mass is 32.2. The van der Waals surface area contributed by atoms with Crippen molar-refractivity contribution in [2.24, 2.45) is 0 Å². The number of benzene rings is 1. The number of pyridine rings is 1. The summed E-state index contributed by atoms with van der Waals surface area (Å²) in [5.41, 5.74) is 8.56. The van der Waals surface area contributed by atoms with Crippen LogP contribution in [0, 0.1) is 6.92 Å². The summed E-state index contributed by atoms with van der Waals surface area (Å²) in [5, 5.41) is 0. The lowest BCUT2D eigenvalue weighted by Gasteiger charge is -2.12. The lowest BCUT2D eigenvalue weighted by Crippen LogP contribution is -2.25. The molecule has 112 valence electrons. The van der Waals surface area contributed by atoms with E-state index in [1.807, 2.05) is 19.1 Å². The van der Waals surface area contributed by atoms with E-state index in [0.717, 1.165) is 17.7 Å². The third-order valence-electron chi connectivity index (χ3n) is 3.41. The van der Waals surface area contributed by atoms with E-state index < -0.39 is 10.0 Å². The molecule has 0 unspecified atom stereocenters. The van der Waals surface area contributed by atoms with Gasteiger partial charge in [0.2, 0.25) is 10.0 Å². The fourth-order valence-corrected chi connectivity index (χ4v) is 3.38. The van der Waals surface area contributed by atoms with Crippen LogP contribution in [0.4, 0.5) is 5.69 Å². The first-order valence-electron chi connectivity index (χ1n) is 6.73. The number of aromatic nitrogens is 1. The molecule has 0 saturated heterocycles. The average molecular weight is 305 g/mol. The number of nitrogens with one attached hydrogen (secondary N) is 1. The van der Waals surface area contributed by atoms with Crippen molar-refractivity contribution in [1.29, 1.82) is 0 Å². The molecule has 0 aliphatic carbocycles. The van der Waals surface area contributed by atoms with Crippen molar-refractivity contribution >= 4 is 15.7 Å². The third kappa shape index (κ3) is 3.40. The molecule has 0 amide bonds. The van der Waals surface area contributed by atoms with Crippen molar-refractivity contribution in [1.82, 2.24) is 9.71 Å². The van der Waals surface area contributed by atoms with Crippen LogP contribution in [0.1, 0.15) is 23.7 Å². The van der Waals surface area contributed by atoms with Crippen molar-refractivity contribution < 1.29 is 8.42 Å². The van der Waals surface area contributed by atoms with Crippen molar-refractivity contribution in [2.45, 2.75) is 31.7 Å². The Balaban J connectivity index is 2.24. The first-order chi connectivity index (χ1) is 9.95. The molecule has 0 radical (unpaired) electrons. The molecule has 0 atom stereocenters. The maximum absolute atomic E-state index is 12.4. The monoisotopic (exact) mass is 305 g/mol. The summed E-state index contributed by atoms with van der Waals surface area (Å²) in [6.07, 6.45) is 2.47. The number of anilines is 1. The van der Waals surface area contributed by atoms with Gasteiger partial charge in [-0.25, -0.2) is 13.1 Å². The predicted octanol–water partition coefficient (Wildman–Crippen LogP) is 2.01. The van der Waals surface area contributed by atoms with Crippen LogP contribution in [-0.4, -0.2) is 13.4 Å². The second-order valence-corrected chi connectivity index (χ2v) is 6.49. The molecule has 0 aliphatic heterocycles. The molecule has 1 aromatic carbocycles. The Labute approximate surface area is 125 Å². The maximum atomic E-state index is 12.4. The number of aryl methyl sites for hydroxylation is 1. The van der Waals surface area contributed by atoms with E-state index >= 15 is 0 Å². The van der Waals surface area contributed by atoms with E-state index in [4.69, 9.17) is 5.73 Å². The number of hydrogen-bond donors (Lipinski definition) is 2. The Morgan fingerprint density at radius 2 is 2.00 bits per heavy atom. The molecule has 3 N–H and O–H groups in total. The zero-order chi connectivity index (χ0) is 15.5. The highest BCUT2D eigenvalue weighted by molar-refractivity contribution is 7.89. The van der Waals surface area contributed by atoms with Crippen LogP contribution in [0.3, 0.4) is 0 Å². The average Bonchev–Trinajstić information content (AvgIpc) is 2.48. The lowest BCUT2D eigenvalue weighted by atomic mass is 10.1. The highest BCUT2D eigenvalue weighted by Gasteiger charge is 2.18. The molecule has 5 nitrogen and oxygen atoms in total. The molecule has 21 heavy (non-hydrogen) atoms. The van der Waals surface area contributed by atoms with Crippen LogP contribution >= 0.6 is 0 Å². The summed E-state index contributed by atoms with van der Waals surface area (Å²) >= 11 is 0. The molecule has 0 bridgehead atoms. The smallest absolute Gasteiger partial charge is 0.241 e. The van der Waals surface area contributed by atoms with Crippen LogP contribution in [0.25, 0.3) is 0 Å². The molecule has 1 aromatic heterocycles. The minimum atomic E-state index is -3.61. The molecular weight excluding hydrogens is 286 g/mol. The minimum absolute atomic E-state index is 0.167. The van der Waals surface area contributed by atoms with Gasteiger partial charge in [-0.1, -0.05) is 19.1 Å². The normalized spacial score (nSPS) is 11.5. The summed E-state index contributed by atoms with van der Waals surface area (Å²) < 4.78 is 27.4. The number of nitrogen functional groups attached to an aromatic ring is 1. The van der Waals surface area contributed by atoms with Crippen molar-refractivity contribution in [3.05, 3.63) is 53.3 Å².